The summed E-state index contributed by atoms with van der Waals surface area (Å²) < 4.78 is 0. The van der Waals surface area contributed by atoms with Crippen molar-refractivity contribution in [1.29, 1.82) is 0 Å². The Morgan fingerprint density at radius 3 is 2.65 bits per heavy atom. The molecule has 0 atom stereocenters. The average Bonchev–Trinajstić information content (AvgIpc) is 2.17. The minimum Gasteiger partial charge on any atom is -0.481 e. The largest absolute Gasteiger partial charge is 0.481 e. The molecular weight excluding hydrogens is 248 g/mol. The van der Waals surface area contributed by atoms with E-state index in [9.17, 15) is 14.9 Å². The summed E-state index contributed by atoms with van der Waals surface area (Å²) in [6, 6.07) is 4.17. The van der Waals surface area contributed by atoms with Gasteiger partial charge >= 0.3 is 5.97 Å². The summed E-state index contributed by atoms with van der Waals surface area (Å²) in [7, 11) is 0. The van der Waals surface area contributed by atoms with Gasteiger partial charge in [-0.1, -0.05) is 11.6 Å². The summed E-state index contributed by atoms with van der Waals surface area (Å²) in [4.78, 5) is 22.4. The Morgan fingerprint density at radius 1 is 1.53 bits per heavy atom. The Bertz CT molecular complexity index is 485. The molecule has 0 amide bonds. The molecule has 0 radical (unpaired) electrons. The van der Waals surface area contributed by atoms with Crippen molar-refractivity contribution in [2.75, 3.05) is 18.0 Å². The lowest BCUT2D eigenvalue weighted by Crippen LogP contribution is -2.50. The first-order chi connectivity index (χ1) is 7.99. The first-order valence-corrected chi connectivity index (χ1v) is 5.28. The molecule has 2 rings (SSSR count). The number of halogens is 1. The molecule has 1 aromatic carbocycles. The quantitative estimate of drug-likeness (QED) is 0.658. The summed E-state index contributed by atoms with van der Waals surface area (Å²) in [5.41, 5.74) is 0.559. The van der Waals surface area contributed by atoms with Gasteiger partial charge in [0.1, 0.15) is 0 Å². The number of non-ortho nitro benzene ring substituents is 1. The zero-order chi connectivity index (χ0) is 12.6. The number of carboxylic acid groups (broad SMARTS) is 1. The number of rotatable bonds is 3. The highest BCUT2D eigenvalue weighted by Crippen LogP contribution is 2.33. The lowest BCUT2D eigenvalue weighted by Gasteiger charge is -2.38. The fourth-order valence-corrected chi connectivity index (χ4v) is 1.99. The number of aliphatic carboxylic acids is 1. The van der Waals surface area contributed by atoms with E-state index in [0.29, 0.717) is 18.8 Å². The van der Waals surface area contributed by atoms with Gasteiger partial charge in [-0.05, 0) is 6.07 Å². The van der Waals surface area contributed by atoms with Crippen LogP contribution in [0.1, 0.15) is 0 Å². The standard InChI is InChI=1S/C10H9ClN2O4/c11-8-3-7(13(16)17)1-2-9(8)12-4-6(5-12)10(14)15/h1-3,6H,4-5H2,(H,14,15). The number of hydrogen-bond donors (Lipinski definition) is 1. The van der Waals surface area contributed by atoms with Crippen LogP contribution in [-0.4, -0.2) is 29.1 Å². The second-order valence-corrected chi connectivity index (χ2v) is 4.24. The van der Waals surface area contributed by atoms with Crippen LogP contribution in [0.25, 0.3) is 0 Å². The van der Waals surface area contributed by atoms with Gasteiger partial charge in [-0.25, -0.2) is 0 Å². The number of hydrogen-bond acceptors (Lipinski definition) is 4. The van der Waals surface area contributed by atoms with Crippen molar-refractivity contribution >= 4 is 28.9 Å². The maximum absolute atomic E-state index is 10.6. The molecule has 1 aliphatic rings. The summed E-state index contributed by atoms with van der Waals surface area (Å²) in [5, 5.41) is 19.5. The van der Waals surface area contributed by atoms with Crippen molar-refractivity contribution in [2.45, 2.75) is 0 Å². The molecule has 1 aliphatic heterocycles. The number of nitro groups is 1. The van der Waals surface area contributed by atoms with Crippen LogP contribution in [0.3, 0.4) is 0 Å². The highest BCUT2D eigenvalue weighted by molar-refractivity contribution is 6.33. The maximum Gasteiger partial charge on any atom is 0.310 e. The number of benzene rings is 1. The molecule has 1 aromatic rings. The Balaban J connectivity index is 2.14. The highest BCUT2D eigenvalue weighted by Gasteiger charge is 2.33. The Kier molecular flexibility index (Phi) is 2.89. The third-order valence-corrected chi connectivity index (χ3v) is 3.02. The van der Waals surface area contributed by atoms with Crippen molar-refractivity contribution in [3.63, 3.8) is 0 Å². The molecule has 1 heterocycles. The third-order valence-electron chi connectivity index (χ3n) is 2.71. The van der Waals surface area contributed by atoms with E-state index in [2.05, 4.69) is 0 Å². The zero-order valence-corrected chi connectivity index (χ0v) is 9.42. The van der Waals surface area contributed by atoms with Crippen molar-refractivity contribution in [2.24, 2.45) is 5.92 Å². The first-order valence-electron chi connectivity index (χ1n) is 4.90. The van der Waals surface area contributed by atoms with Gasteiger partial charge in [0.05, 0.1) is 21.6 Å². The molecule has 0 unspecified atom stereocenters. The molecule has 1 fully saturated rings. The molecule has 17 heavy (non-hydrogen) atoms. The van der Waals surface area contributed by atoms with Crippen LogP contribution in [0.4, 0.5) is 11.4 Å². The lowest BCUT2D eigenvalue weighted by atomic mass is 9.99. The van der Waals surface area contributed by atoms with Crippen LogP contribution >= 0.6 is 11.6 Å². The minimum atomic E-state index is -0.834. The third kappa shape index (κ3) is 2.16. The minimum absolute atomic E-state index is 0.0749. The number of nitro benzene ring substituents is 1. The number of anilines is 1. The second-order valence-electron chi connectivity index (χ2n) is 3.83. The van der Waals surface area contributed by atoms with Crippen LogP contribution in [-0.2, 0) is 4.79 Å². The van der Waals surface area contributed by atoms with Crippen molar-refractivity contribution < 1.29 is 14.8 Å². The molecule has 0 aromatic heterocycles. The molecule has 0 saturated carbocycles. The molecule has 0 bridgehead atoms. The van der Waals surface area contributed by atoms with Gasteiger partial charge in [0.2, 0.25) is 0 Å². The fourth-order valence-electron chi connectivity index (χ4n) is 1.70. The lowest BCUT2D eigenvalue weighted by molar-refractivity contribution is -0.384. The van der Waals surface area contributed by atoms with Gasteiger partial charge in [-0.15, -0.1) is 0 Å². The molecule has 0 aliphatic carbocycles. The summed E-state index contributed by atoms with van der Waals surface area (Å²) in [6.07, 6.45) is 0. The predicted molar refractivity (Wildman–Crippen MR) is 61.4 cm³/mol. The monoisotopic (exact) mass is 256 g/mol. The topological polar surface area (TPSA) is 83.7 Å². The normalized spacial score (nSPS) is 15.5. The SMILES string of the molecule is O=C(O)C1CN(c2ccc([N+](=O)[O-])cc2Cl)C1. The van der Waals surface area contributed by atoms with E-state index >= 15 is 0 Å². The molecule has 0 spiro atoms. The molecule has 7 heteroatoms. The average molecular weight is 257 g/mol. The van der Waals surface area contributed by atoms with Gasteiger partial charge < -0.3 is 10.0 Å². The smallest absolute Gasteiger partial charge is 0.310 e. The van der Waals surface area contributed by atoms with Crippen LogP contribution in [0.15, 0.2) is 18.2 Å². The molecule has 90 valence electrons. The van der Waals surface area contributed by atoms with E-state index in [4.69, 9.17) is 16.7 Å². The van der Waals surface area contributed by atoms with Crippen LogP contribution in [0.5, 0.6) is 0 Å². The molecule has 1 saturated heterocycles. The van der Waals surface area contributed by atoms with Crippen molar-refractivity contribution in [3.05, 3.63) is 33.3 Å². The summed E-state index contributed by atoms with van der Waals surface area (Å²) in [6.45, 7) is 0.764. The predicted octanol–water partition coefficient (Wildman–Crippen LogP) is 1.77. The molecule has 6 nitrogen and oxygen atoms in total. The molecule has 1 N–H and O–H groups in total. The van der Waals surface area contributed by atoms with Crippen LogP contribution in [0.2, 0.25) is 5.02 Å². The summed E-state index contributed by atoms with van der Waals surface area (Å²) in [5.74, 6) is -1.22. The van der Waals surface area contributed by atoms with E-state index in [0.717, 1.165) is 0 Å². The van der Waals surface area contributed by atoms with E-state index in [-0.39, 0.29) is 16.6 Å². The highest BCUT2D eigenvalue weighted by atomic mass is 35.5. The maximum atomic E-state index is 10.6. The zero-order valence-electron chi connectivity index (χ0n) is 8.67. The van der Waals surface area contributed by atoms with Gasteiger partial charge in [0.15, 0.2) is 0 Å². The van der Waals surface area contributed by atoms with Crippen LogP contribution < -0.4 is 4.90 Å². The number of carboxylic acids is 1. The second kappa shape index (κ2) is 4.21. The van der Waals surface area contributed by atoms with Crippen molar-refractivity contribution in [3.8, 4) is 0 Å². The molecular formula is C10H9ClN2O4. The Morgan fingerprint density at radius 2 is 2.18 bits per heavy atom. The van der Waals surface area contributed by atoms with Gasteiger partial charge in [0, 0.05) is 25.2 Å². The van der Waals surface area contributed by atoms with Gasteiger partial charge in [-0.2, -0.15) is 0 Å². The van der Waals surface area contributed by atoms with E-state index in [1.54, 1.807) is 11.0 Å². The van der Waals surface area contributed by atoms with Crippen LogP contribution in [0, 0.1) is 16.0 Å². The summed E-state index contributed by atoms with van der Waals surface area (Å²) >= 11 is 5.91. The number of carbonyl (C=O) groups is 1. The Hall–Kier alpha value is -1.82. The Labute approximate surface area is 102 Å². The van der Waals surface area contributed by atoms with E-state index in [1.807, 2.05) is 0 Å². The van der Waals surface area contributed by atoms with Gasteiger partial charge in [0.25, 0.3) is 5.69 Å². The van der Waals surface area contributed by atoms with E-state index in [1.165, 1.54) is 12.1 Å². The fraction of sp³-hybridized carbons (Fsp3) is 0.300. The van der Waals surface area contributed by atoms with E-state index < -0.39 is 10.9 Å². The number of nitrogens with zero attached hydrogens (tertiary/aromatic N) is 2. The first kappa shape index (κ1) is 11.7. The van der Waals surface area contributed by atoms with Crippen molar-refractivity contribution in [1.82, 2.24) is 0 Å². The van der Waals surface area contributed by atoms with Gasteiger partial charge in [-0.3, -0.25) is 14.9 Å².